The fourth-order valence-corrected chi connectivity index (χ4v) is 3.71. The Labute approximate surface area is 189 Å². The number of halogens is 1. The summed E-state index contributed by atoms with van der Waals surface area (Å²) in [6, 6.07) is 13.8. The van der Waals surface area contributed by atoms with Crippen LogP contribution in [0.4, 0.5) is 5.69 Å². The van der Waals surface area contributed by atoms with Crippen LogP contribution < -0.4 is 19.7 Å². The molecule has 31 heavy (non-hydrogen) atoms. The van der Waals surface area contributed by atoms with Crippen LogP contribution in [-0.4, -0.2) is 69.0 Å². The predicted molar refractivity (Wildman–Crippen MR) is 126 cm³/mol. The molecule has 1 heterocycles. The van der Waals surface area contributed by atoms with E-state index in [9.17, 15) is 0 Å². The van der Waals surface area contributed by atoms with Crippen molar-refractivity contribution in [2.45, 2.75) is 13.5 Å². The second-order valence-electron chi connectivity index (χ2n) is 7.18. The number of piperazine rings is 1. The molecule has 0 amide bonds. The Morgan fingerprint density at radius 3 is 2.61 bits per heavy atom. The average Bonchev–Trinajstić information content (AvgIpc) is 2.80. The maximum Gasteiger partial charge on any atom is 0.194 e. The predicted octanol–water partition coefficient (Wildman–Crippen LogP) is 3.01. The lowest BCUT2D eigenvalue weighted by molar-refractivity contribution is 0.196. The molecule has 1 fully saturated rings. The molecule has 2 aromatic carbocycles. The van der Waals surface area contributed by atoms with E-state index in [4.69, 9.17) is 31.2 Å². The minimum Gasteiger partial charge on any atom is -0.493 e. The van der Waals surface area contributed by atoms with Crippen LogP contribution >= 0.6 is 11.6 Å². The molecule has 7 nitrogen and oxygen atoms in total. The van der Waals surface area contributed by atoms with E-state index < -0.39 is 0 Å². The van der Waals surface area contributed by atoms with Gasteiger partial charge in [-0.3, -0.25) is 0 Å². The van der Waals surface area contributed by atoms with Gasteiger partial charge in [0, 0.05) is 43.4 Å². The summed E-state index contributed by atoms with van der Waals surface area (Å²) in [6.45, 7) is 7.22. The van der Waals surface area contributed by atoms with Crippen molar-refractivity contribution in [1.29, 1.82) is 0 Å². The van der Waals surface area contributed by atoms with Crippen LogP contribution in [0.15, 0.2) is 47.5 Å². The Morgan fingerprint density at radius 2 is 1.94 bits per heavy atom. The fraction of sp³-hybridized carbons (Fsp3) is 0.435. The van der Waals surface area contributed by atoms with Gasteiger partial charge < -0.3 is 29.7 Å². The van der Waals surface area contributed by atoms with Gasteiger partial charge in [0.2, 0.25) is 0 Å². The van der Waals surface area contributed by atoms with Crippen molar-refractivity contribution < 1.29 is 14.6 Å². The van der Waals surface area contributed by atoms with Crippen molar-refractivity contribution >= 4 is 23.2 Å². The Balaban J connectivity index is 1.64. The third kappa shape index (κ3) is 6.42. The smallest absolute Gasteiger partial charge is 0.194 e. The number of guanidine groups is 1. The molecular formula is C23H31ClN4O3. The molecule has 2 N–H and O–H groups in total. The summed E-state index contributed by atoms with van der Waals surface area (Å²) in [6.07, 6.45) is 0. The SMILES string of the molecule is CCNC(=NCc1ccc(OCCO)c(OC)c1)N1CCN(c2cccc(Cl)c2)CC1. The van der Waals surface area contributed by atoms with Crippen LogP contribution in [-0.2, 0) is 6.54 Å². The van der Waals surface area contributed by atoms with E-state index >= 15 is 0 Å². The van der Waals surface area contributed by atoms with E-state index in [1.54, 1.807) is 7.11 Å². The zero-order chi connectivity index (χ0) is 22.1. The first kappa shape index (κ1) is 23.0. The van der Waals surface area contributed by atoms with Crippen LogP contribution in [0.5, 0.6) is 11.5 Å². The van der Waals surface area contributed by atoms with Crippen molar-refractivity contribution in [1.82, 2.24) is 10.2 Å². The highest BCUT2D eigenvalue weighted by molar-refractivity contribution is 6.30. The number of ether oxygens (including phenoxy) is 2. The normalized spacial score (nSPS) is 14.5. The van der Waals surface area contributed by atoms with Crippen LogP contribution in [0.3, 0.4) is 0 Å². The molecule has 0 aliphatic carbocycles. The third-order valence-corrected chi connectivity index (χ3v) is 5.31. The Bertz CT molecular complexity index is 870. The van der Waals surface area contributed by atoms with Crippen molar-refractivity contribution in [3.8, 4) is 11.5 Å². The van der Waals surface area contributed by atoms with E-state index in [1.165, 1.54) is 0 Å². The summed E-state index contributed by atoms with van der Waals surface area (Å²) in [5.41, 5.74) is 2.19. The number of aliphatic hydroxyl groups is 1. The molecule has 0 radical (unpaired) electrons. The Kier molecular flexibility index (Phi) is 8.67. The molecule has 1 aliphatic rings. The molecule has 1 saturated heterocycles. The lowest BCUT2D eigenvalue weighted by Crippen LogP contribution is -2.52. The lowest BCUT2D eigenvalue weighted by atomic mass is 10.2. The minimum atomic E-state index is -0.0359. The number of nitrogens with zero attached hydrogens (tertiary/aromatic N) is 3. The molecule has 2 aromatic rings. The zero-order valence-corrected chi connectivity index (χ0v) is 18.9. The monoisotopic (exact) mass is 446 g/mol. The molecule has 168 valence electrons. The van der Waals surface area contributed by atoms with Gasteiger partial charge in [0.25, 0.3) is 0 Å². The number of aliphatic hydroxyl groups excluding tert-OH is 1. The molecule has 8 heteroatoms. The van der Waals surface area contributed by atoms with Gasteiger partial charge in [-0.05, 0) is 42.8 Å². The maximum atomic E-state index is 8.95. The van der Waals surface area contributed by atoms with E-state index in [-0.39, 0.29) is 13.2 Å². The number of anilines is 1. The Morgan fingerprint density at radius 1 is 1.13 bits per heavy atom. The van der Waals surface area contributed by atoms with Crippen molar-refractivity contribution in [2.75, 3.05) is 57.9 Å². The van der Waals surface area contributed by atoms with Crippen LogP contribution in [0, 0.1) is 0 Å². The molecule has 1 aliphatic heterocycles. The van der Waals surface area contributed by atoms with E-state index in [2.05, 4.69) is 28.1 Å². The van der Waals surface area contributed by atoms with Gasteiger partial charge >= 0.3 is 0 Å². The highest BCUT2D eigenvalue weighted by Crippen LogP contribution is 2.28. The summed E-state index contributed by atoms with van der Waals surface area (Å²) < 4.78 is 10.9. The first-order valence-corrected chi connectivity index (χ1v) is 11.0. The summed E-state index contributed by atoms with van der Waals surface area (Å²) >= 11 is 6.15. The number of hydrogen-bond donors (Lipinski definition) is 2. The quantitative estimate of drug-likeness (QED) is 0.480. The van der Waals surface area contributed by atoms with Gasteiger partial charge in [-0.15, -0.1) is 0 Å². The van der Waals surface area contributed by atoms with Crippen molar-refractivity contribution in [3.05, 3.63) is 53.1 Å². The second kappa shape index (κ2) is 11.7. The van der Waals surface area contributed by atoms with Crippen LogP contribution in [0.25, 0.3) is 0 Å². The molecule has 0 spiro atoms. The molecule has 0 atom stereocenters. The Hall–Kier alpha value is -2.64. The number of benzene rings is 2. The van der Waals surface area contributed by atoms with Crippen molar-refractivity contribution in [2.24, 2.45) is 4.99 Å². The van der Waals surface area contributed by atoms with Gasteiger partial charge in [-0.1, -0.05) is 23.7 Å². The topological polar surface area (TPSA) is 69.6 Å². The highest BCUT2D eigenvalue weighted by Gasteiger charge is 2.20. The standard InChI is InChI=1S/C23H31ClN4O3/c1-3-25-23(26-17-18-7-8-21(31-14-13-29)22(15-18)30-2)28-11-9-27(10-12-28)20-6-4-5-19(24)16-20/h4-8,15-16,29H,3,9-14,17H2,1-2H3,(H,25,26). The molecule has 3 rings (SSSR count). The van der Waals surface area contributed by atoms with Crippen LogP contribution in [0.1, 0.15) is 12.5 Å². The van der Waals surface area contributed by atoms with E-state index in [1.807, 2.05) is 36.4 Å². The minimum absolute atomic E-state index is 0.0359. The number of aliphatic imine (C=N–C) groups is 1. The van der Waals surface area contributed by atoms with Crippen molar-refractivity contribution in [3.63, 3.8) is 0 Å². The van der Waals surface area contributed by atoms with Gasteiger partial charge in [-0.2, -0.15) is 0 Å². The zero-order valence-electron chi connectivity index (χ0n) is 18.2. The van der Waals surface area contributed by atoms with E-state index in [0.29, 0.717) is 18.0 Å². The summed E-state index contributed by atoms with van der Waals surface area (Å²) in [5, 5.41) is 13.1. The number of nitrogens with one attached hydrogen (secondary N) is 1. The summed E-state index contributed by atoms with van der Waals surface area (Å²) in [4.78, 5) is 9.48. The molecular weight excluding hydrogens is 416 g/mol. The number of hydrogen-bond acceptors (Lipinski definition) is 5. The van der Waals surface area contributed by atoms with Gasteiger partial charge in [0.1, 0.15) is 6.61 Å². The van der Waals surface area contributed by atoms with Gasteiger partial charge in [0.05, 0.1) is 20.3 Å². The first-order valence-electron chi connectivity index (χ1n) is 10.6. The summed E-state index contributed by atoms with van der Waals surface area (Å²) in [7, 11) is 1.61. The van der Waals surface area contributed by atoms with E-state index in [0.717, 1.165) is 55.0 Å². The summed E-state index contributed by atoms with van der Waals surface area (Å²) in [5.74, 6) is 2.17. The average molecular weight is 447 g/mol. The molecule has 0 aromatic heterocycles. The second-order valence-corrected chi connectivity index (χ2v) is 7.62. The van der Waals surface area contributed by atoms with Gasteiger partial charge in [0.15, 0.2) is 17.5 Å². The molecule has 0 saturated carbocycles. The molecule has 0 unspecified atom stereocenters. The van der Waals surface area contributed by atoms with Crippen LogP contribution in [0.2, 0.25) is 5.02 Å². The largest absolute Gasteiger partial charge is 0.493 e. The highest BCUT2D eigenvalue weighted by atomic mass is 35.5. The lowest BCUT2D eigenvalue weighted by Gasteiger charge is -2.37. The fourth-order valence-electron chi connectivity index (χ4n) is 3.53. The molecule has 0 bridgehead atoms. The number of rotatable bonds is 8. The maximum absolute atomic E-state index is 8.95. The third-order valence-electron chi connectivity index (χ3n) is 5.08. The van der Waals surface area contributed by atoms with Gasteiger partial charge in [-0.25, -0.2) is 4.99 Å². The number of methoxy groups -OCH3 is 1. The first-order chi connectivity index (χ1) is 15.1.